The van der Waals surface area contributed by atoms with Crippen LogP contribution >= 0.6 is 0 Å². The van der Waals surface area contributed by atoms with E-state index in [4.69, 9.17) is 4.74 Å². The molecule has 0 saturated heterocycles. The smallest absolute Gasteiger partial charge is 0.313 e. The molecule has 0 rings (SSSR count). The van der Waals surface area contributed by atoms with Crippen LogP contribution in [0.2, 0.25) is 0 Å². The van der Waals surface area contributed by atoms with Crippen LogP contribution in [0.4, 0.5) is 0 Å². The van der Waals surface area contributed by atoms with E-state index in [1.54, 1.807) is 6.26 Å². The Morgan fingerprint density at radius 3 is 1.67 bits per heavy atom. The van der Waals surface area contributed by atoms with Crippen molar-refractivity contribution in [2.75, 3.05) is 0 Å². The maximum absolute atomic E-state index is 11.2. The van der Waals surface area contributed by atoms with Gasteiger partial charge >= 0.3 is 5.97 Å². The molecule has 0 radical (unpaired) electrons. The van der Waals surface area contributed by atoms with E-state index in [1.165, 1.54) is 77.0 Å². The van der Waals surface area contributed by atoms with Crippen molar-refractivity contribution in [3.8, 4) is 0 Å². The van der Waals surface area contributed by atoms with Gasteiger partial charge < -0.3 is 4.74 Å². The number of ether oxygens (including phenoxy) is 1. The van der Waals surface area contributed by atoms with Crippen molar-refractivity contribution in [1.29, 1.82) is 0 Å². The summed E-state index contributed by atoms with van der Waals surface area (Å²) in [6, 6.07) is 0. The molecule has 24 heavy (non-hydrogen) atoms. The lowest BCUT2D eigenvalue weighted by Gasteiger charge is -2.04. The molecule has 0 aromatic rings. The van der Waals surface area contributed by atoms with Crippen molar-refractivity contribution in [2.24, 2.45) is 11.8 Å². The Kier molecular flexibility index (Phi) is 16.5. The van der Waals surface area contributed by atoms with E-state index in [1.807, 2.05) is 19.9 Å². The van der Waals surface area contributed by atoms with E-state index in [0.717, 1.165) is 12.3 Å². The van der Waals surface area contributed by atoms with Crippen molar-refractivity contribution in [2.45, 2.75) is 111 Å². The second kappa shape index (κ2) is 17.0. The van der Waals surface area contributed by atoms with Gasteiger partial charge in [0, 0.05) is 0 Å². The number of hydrogen-bond acceptors (Lipinski definition) is 2. The number of unbranched alkanes of at least 4 members (excludes halogenated alkanes) is 11. The van der Waals surface area contributed by atoms with E-state index < -0.39 is 0 Å². The maximum atomic E-state index is 11.2. The fraction of sp³-hybridized carbons (Fsp3) is 0.864. The highest BCUT2D eigenvalue weighted by molar-refractivity contribution is 5.72. The molecule has 0 N–H and O–H groups in total. The van der Waals surface area contributed by atoms with E-state index in [9.17, 15) is 4.79 Å². The molecule has 0 saturated carbocycles. The zero-order valence-electron chi connectivity index (χ0n) is 16.8. The molecule has 0 bridgehead atoms. The van der Waals surface area contributed by atoms with Gasteiger partial charge in [-0.2, -0.15) is 0 Å². The van der Waals surface area contributed by atoms with Crippen LogP contribution in [0.1, 0.15) is 111 Å². The fourth-order valence-corrected chi connectivity index (χ4v) is 2.73. The first kappa shape index (κ1) is 23.2. The summed E-state index contributed by atoms with van der Waals surface area (Å²) in [5.41, 5.74) is 0. The molecule has 142 valence electrons. The molecule has 0 amide bonds. The molecule has 0 aliphatic carbocycles. The Labute approximate surface area is 151 Å². The van der Waals surface area contributed by atoms with Crippen LogP contribution in [-0.2, 0) is 9.53 Å². The largest absolute Gasteiger partial charge is 0.435 e. The molecule has 0 aromatic heterocycles. The number of carbonyl (C=O) groups excluding carboxylic acids is 1. The first-order valence-electron chi connectivity index (χ1n) is 10.4. The zero-order chi connectivity index (χ0) is 18.0. The van der Waals surface area contributed by atoms with Crippen LogP contribution in [0.3, 0.4) is 0 Å². The highest BCUT2D eigenvalue weighted by Gasteiger charge is 2.05. The van der Waals surface area contributed by atoms with Crippen molar-refractivity contribution >= 4 is 5.97 Å². The Morgan fingerprint density at radius 2 is 1.21 bits per heavy atom. The second-order valence-corrected chi connectivity index (χ2v) is 7.82. The van der Waals surface area contributed by atoms with E-state index in [-0.39, 0.29) is 11.9 Å². The highest BCUT2D eigenvalue weighted by atomic mass is 16.5. The predicted octanol–water partition coefficient (Wildman–Crippen LogP) is 7.43. The average Bonchev–Trinajstić information content (AvgIpc) is 2.53. The molecule has 0 fully saturated rings. The van der Waals surface area contributed by atoms with E-state index >= 15 is 0 Å². The Morgan fingerprint density at radius 1 is 0.750 bits per heavy atom. The number of carbonyl (C=O) groups is 1. The molecular formula is C22H42O2. The first-order chi connectivity index (χ1) is 11.5. The summed E-state index contributed by atoms with van der Waals surface area (Å²) in [5.74, 6) is 0.677. The summed E-state index contributed by atoms with van der Waals surface area (Å²) in [5, 5.41) is 0. The van der Waals surface area contributed by atoms with Gasteiger partial charge in [0.2, 0.25) is 0 Å². The number of rotatable bonds is 16. The van der Waals surface area contributed by atoms with Crippen molar-refractivity contribution < 1.29 is 9.53 Å². The first-order valence-corrected chi connectivity index (χ1v) is 10.4. The lowest BCUT2D eigenvalue weighted by Crippen LogP contribution is -2.07. The Bertz CT molecular complexity index is 305. The predicted molar refractivity (Wildman–Crippen MR) is 105 cm³/mol. The zero-order valence-corrected chi connectivity index (χ0v) is 16.8. The number of esters is 1. The van der Waals surface area contributed by atoms with Gasteiger partial charge in [-0.25, -0.2) is 0 Å². The third-order valence-corrected chi connectivity index (χ3v) is 4.40. The van der Waals surface area contributed by atoms with Gasteiger partial charge in [-0.15, -0.1) is 0 Å². The molecule has 2 nitrogen and oxygen atoms in total. The SMILES string of the molecule is CC(C)CCCCCCCCCCCCCC=COC(=O)C(C)C. The van der Waals surface area contributed by atoms with Crippen molar-refractivity contribution in [3.05, 3.63) is 12.3 Å². The molecule has 0 spiro atoms. The minimum absolute atomic E-state index is 0.0466. The molecule has 2 heteroatoms. The summed E-state index contributed by atoms with van der Waals surface area (Å²) in [4.78, 5) is 11.2. The maximum Gasteiger partial charge on any atom is 0.313 e. The van der Waals surface area contributed by atoms with Gasteiger partial charge in [-0.05, 0) is 24.8 Å². The minimum Gasteiger partial charge on any atom is -0.435 e. The summed E-state index contributed by atoms with van der Waals surface area (Å²) in [7, 11) is 0. The summed E-state index contributed by atoms with van der Waals surface area (Å²) in [6.07, 6.45) is 21.1. The Hall–Kier alpha value is -0.790. The third-order valence-electron chi connectivity index (χ3n) is 4.40. The quantitative estimate of drug-likeness (QED) is 0.166. The van der Waals surface area contributed by atoms with E-state index in [2.05, 4.69) is 13.8 Å². The van der Waals surface area contributed by atoms with Crippen LogP contribution < -0.4 is 0 Å². The van der Waals surface area contributed by atoms with Crippen LogP contribution in [-0.4, -0.2) is 5.97 Å². The topological polar surface area (TPSA) is 26.3 Å². The Balaban J connectivity index is 3.15. The minimum atomic E-state index is -0.147. The summed E-state index contributed by atoms with van der Waals surface area (Å²) >= 11 is 0. The number of allylic oxidation sites excluding steroid dienone is 1. The van der Waals surface area contributed by atoms with Gasteiger partial charge in [0.05, 0.1) is 12.2 Å². The number of hydrogen-bond donors (Lipinski definition) is 0. The van der Waals surface area contributed by atoms with Crippen LogP contribution in [0, 0.1) is 11.8 Å². The molecule has 0 aliphatic rings. The van der Waals surface area contributed by atoms with Gasteiger partial charge in [0.25, 0.3) is 0 Å². The summed E-state index contributed by atoms with van der Waals surface area (Å²) in [6.45, 7) is 8.34. The fourth-order valence-electron chi connectivity index (χ4n) is 2.73. The molecule has 0 atom stereocenters. The monoisotopic (exact) mass is 338 g/mol. The standard InChI is InChI=1S/C22H42O2/c1-20(2)18-16-14-12-10-8-6-5-7-9-11-13-15-17-19-24-22(23)21(3)4/h17,19-21H,5-16,18H2,1-4H3. The van der Waals surface area contributed by atoms with E-state index in [0.29, 0.717) is 0 Å². The van der Waals surface area contributed by atoms with Crippen molar-refractivity contribution in [1.82, 2.24) is 0 Å². The van der Waals surface area contributed by atoms with Gasteiger partial charge in [0.1, 0.15) is 0 Å². The lowest BCUT2D eigenvalue weighted by atomic mass is 10.0. The van der Waals surface area contributed by atoms with Crippen LogP contribution in [0.5, 0.6) is 0 Å². The second-order valence-electron chi connectivity index (χ2n) is 7.82. The van der Waals surface area contributed by atoms with Crippen LogP contribution in [0.15, 0.2) is 12.3 Å². The van der Waals surface area contributed by atoms with Crippen molar-refractivity contribution in [3.63, 3.8) is 0 Å². The molecule has 0 unspecified atom stereocenters. The molecule has 0 heterocycles. The molecule has 0 aromatic carbocycles. The third kappa shape index (κ3) is 17.6. The van der Waals surface area contributed by atoms with Crippen LogP contribution in [0.25, 0.3) is 0 Å². The molecule has 0 aliphatic heterocycles. The average molecular weight is 339 g/mol. The molecular weight excluding hydrogens is 296 g/mol. The van der Waals surface area contributed by atoms with Gasteiger partial charge in [-0.1, -0.05) is 98.3 Å². The lowest BCUT2D eigenvalue weighted by molar-refractivity contribution is -0.141. The normalized spacial score (nSPS) is 11.8. The van der Waals surface area contributed by atoms with Gasteiger partial charge in [-0.3, -0.25) is 4.79 Å². The van der Waals surface area contributed by atoms with Gasteiger partial charge in [0.15, 0.2) is 0 Å². The highest BCUT2D eigenvalue weighted by Crippen LogP contribution is 2.14. The summed E-state index contributed by atoms with van der Waals surface area (Å²) < 4.78 is 5.00.